The third-order valence-corrected chi connectivity index (χ3v) is 3.11. The summed E-state index contributed by atoms with van der Waals surface area (Å²) in [6.07, 6.45) is 1.46. The molecule has 116 valence electrons. The molecule has 0 atom stereocenters. The molecule has 0 bridgehead atoms. The van der Waals surface area contributed by atoms with Crippen LogP contribution >= 0.6 is 34.8 Å². The quantitative estimate of drug-likeness (QED) is 0.636. The molecule has 0 aromatic heterocycles. The van der Waals surface area contributed by atoms with Gasteiger partial charge in [-0.15, -0.1) is 0 Å². The van der Waals surface area contributed by atoms with Crippen LogP contribution in [0.5, 0.6) is 17.2 Å². The maximum Gasteiger partial charge on any atom is 0.168 e. The molecule has 2 aromatic carbocycles. The Bertz CT molecular complexity index is 701. The van der Waals surface area contributed by atoms with Gasteiger partial charge in [-0.05, 0) is 30.3 Å². The van der Waals surface area contributed by atoms with Crippen LogP contribution in [0.1, 0.15) is 0 Å². The van der Waals surface area contributed by atoms with Crippen molar-refractivity contribution >= 4 is 34.8 Å². The monoisotopic (exact) mass is 364 g/mol. The van der Waals surface area contributed by atoms with E-state index in [0.29, 0.717) is 5.75 Å². The summed E-state index contributed by atoms with van der Waals surface area (Å²) in [6, 6.07) is 7.56. The summed E-state index contributed by atoms with van der Waals surface area (Å²) in [5.41, 5.74) is 0. The third-order valence-electron chi connectivity index (χ3n) is 2.50. The van der Waals surface area contributed by atoms with Crippen LogP contribution in [-0.2, 0) is 0 Å². The van der Waals surface area contributed by atoms with E-state index in [0.717, 1.165) is 12.1 Å². The number of rotatable bonds is 5. The maximum absolute atomic E-state index is 13.5. The Morgan fingerprint density at radius 2 is 1.77 bits per heavy atom. The Hall–Kier alpha value is -1.49. The molecule has 2 aromatic rings. The highest BCUT2D eigenvalue weighted by atomic mass is 35.5. The first kappa shape index (κ1) is 16.9. The van der Waals surface area contributed by atoms with E-state index in [2.05, 4.69) is 0 Å². The maximum atomic E-state index is 13.5. The summed E-state index contributed by atoms with van der Waals surface area (Å²) in [6.45, 7) is 0.148. The van der Waals surface area contributed by atoms with Crippen LogP contribution in [0, 0.1) is 11.6 Å². The second kappa shape index (κ2) is 7.68. The van der Waals surface area contributed by atoms with Crippen LogP contribution in [-0.4, -0.2) is 6.61 Å². The Kier molecular flexibility index (Phi) is 5.89. The molecule has 0 saturated carbocycles. The minimum Gasteiger partial charge on any atom is -0.488 e. The highest BCUT2D eigenvalue weighted by Gasteiger charge is 2.08. The van der Waals surface area contributed by atoms with Crippen molar-refractivity contribution in [3.8, 4) is 17.2 Å². The van der Waals surface area contributed by atoms with E-state index in [4.69, 9.17) is 44.3 Å². The van der Waals surface area contributed by atoms with Crippen LogP contribution in [0.15, 0.2) is 47.0 Å². The van der Waals surface area contributed by atoms with E-state index in [1.807, 2.05) is 0 Å². The molecule has 0 amide bonds. The third kappa shape index (κ3) is 4.77. The summed E-state index contributed by atoms with van der Waals surface area (Å²) < 4.78 is 37.1. The molecule has 0 fully saturated rings. The molecule has 7 heteroatoms. The number of hydrogen-bond donors (Lipinski definition) is 0. The van der Waals surface area contributed by atoms with E-state index >= 15 is 0 Å². The predicted molar refractivity (Wildman–Crippen MR) is 83.2 cm³/mol. The lowest BCUT2D eigenvalue weighted by Crippen LogP contribution is -1.95. The van der Waals surface area contributed by atoms with Crippen molar-refractivity contribution in [1.82, 2.24) is 0 Å². The average molecular weight is 366 g/mol. The van der Waals surface area contributed by atoms with Crippen LogP contribution in [0.25, 0.3) is 0 Å². The number of benzene rings is 2. The van der Waals surface area contributed by atoms with Gasteiger partial charge in [-0.2, -0.15) is 0 Å². The van der Waals surface area contributed by atoms with Gasteiger partial charge in [0.05, 0.1) is 5.02 Å². The van der Waals surface area contributed by atoms with E-state index in [1.54, 1.807) is 6.07 Å². The van der Waals surface area contributed by atoms with Gasteiger partial charge in [0.1, 0.15) is 28.4 Å². The van der Waals surface area contributed by atoms with Gasteiger partial charge in [0.25, 0.3) is 0 Å². The van der Waals surface area contributed by atoms with Crippen LogP contribution in [0.4, 0.5) is 8.78 Å². The van der Waals surface area contributed by atoms with Crippen LogP contribution in [0.3, 0.4) is 0 Å². The lowest BCUT2D eigenvalue weighted by Gasteiger charge is -2.10. The van der Waals surface area contributed by atoms with Crippen molar-refractivity contribution in [2.75, 3.05) is 6.61 Å². The number of hydrogen-bond acceptors (Lipinski definition) is 2. The summed E-state index contributed by atoms with van der Waals surface area (Å²) in [5.74, 6) is -0.924. The van der Waals surface area contributed by atoms with Gasteiger partial charge in [0.2, 0.25) is 0 Å². The number of ether oxygens (including phenoxy) is 2. The topological polar surface area (TPSA) is 18.5 Å². The number of halogens is 5. The second-order valence-corrected chi connectivity index (χ2v) is 5.49. The van der Waals surface area contributed by atoms with Crippen molar-refractivity contribution in [3.05, 3.63) is 63.6 Å². The first-order valence-corrected chi connectivity index (χ1v) is 7.15. The summed E-state index contributed by atoms with van der Waals surface area (Å²) in [7, 11) is 0. The van der Waals surface area contributed by atoms with Crippen molar-refractivity contribution in [3.63, 3.8) is 0 Å². The molecule has 2 rings (SSSR count). The Morgan fingerprint density at radius 1 is 1.05 bits per heavy atom. The summed E-state index contributed by atoms with van der Waals surface area (Å²) in [5, 5.41) is 0.263. The van der Waals surface area contributed by atoms with Crippen molar-refractivity contribution in [2.45, 2.75) is 0 Å². The normalized spacial score (nSPS) is 10.2. The molecular formula is C15H9Cl3F2O2. The van der Waals surface area contributed by atoms with Gasteiger partial charge in [-0.3, -0.25) is 0 Å². The lowest BCUT2D eigenvalue weighted by molar-refractivity contribution is 0.362. The summed E-state index contributed by atoms with van der Waals surface area (Å²) in [4.78, 5) is 0. The Balaban J connectivity index is 2.10. The highest BCUT2D eigenvalue weighted by molar-refractivity contribution is 6.55. The van der Waals surface area contributed by atoms with E-state index in [1.165, 1.54) is 24.3 Å². The molecule has 0 aliphatic rings. The van der Waals surface area contributed by atoms with Crippen molar-refractivity contribution < 1.29 is 18.3 Å². The lowest BCUT2D eigenvalue weighted by atomic mass is 10.3. The standard InChI is InChI=1S/C15H9Cl3F2O2/c16-11-8-10(2-4-13(11)21-6-5-15(17)18)22-14-3-1-9(19)7-12(14)20/h1-5,7-8H,6H2. The molecule has 0 saturated heterocycles. The zero-order valence-electron chi connectivity index (χ0n) is 11.0. The van der Waals surface area contributed by atoms with Gasteiger partial charge in [-0.25, -0.2) is 8.78 Å². The average Bonchev–Trinajstić information content (AvgIpc) is 2.44. The Labute approximate surface area is 140 Å². The molecule has 0 aliphatic heterocycles. The van der Waals surface area contributed by atoms with Gasteiger partial charge >= 0.3 is 0 Å². The van der Waals surface area contributed by atoms with Gasteiger partial charge in [-0.1, -0.05) is 34.8 Å². The first-order chi connectivity index (χ1) is 10.5. The zero-order chi connectivity index (χ0) is 16.1. The predicted octanol–water partition coefficient (Wildman–Crippen LogP) is 6.11. The minimum absolute atomic E-state index is 0.0860. The van der Waals surface area contributed by atoms with Crippen molar-refractivity contribution in [2.24, 2.45) is 0 Å². The molecule has 0 radical (unpaired) electrons. The van der Waals surface area contributed by atoms with Crippen molar-refractivity contribution in [1.29, 1.82) is 0 Å². The molecule has 22 heavy (non-hydrogen) atoms. The molecule has 0 unspecified atom stereocenters. The molecule has 0 N–H and O–H groups in total. The highest BCUT2D eigenvalue weighted by Crippen LogP contribution is 2.32. The first-order valence-electron chi connectivity index (χ1n) is 6.02. The zero-order valence-corrected chi connectivity index (χ0v) is 13.2. The fourth-order valence-electron chi connectivity index (χ4n) is 1.54. The van der Waals surface area contributed by atoms with E-state index in [9.17, 15) is 8.78 Å². The van der Waals surface area contributed by atoms with Crippen LogP contribution in [0.2, 0.25) is 5.02 Å². The molecule has 2 nitrogen and oxygen atoms in total. The summed E-state index contributed by atoms with van der Waals surface area (Å²) >= 11 is 16.9. The van der Waals surface area contributed by atoms with E-state index < -0.39 is 11.6 Å². The molecule has 0 spiro atoms. The second-order valence-electron chi connectivity index (χ2n) is 4.07. The van der Waals surface area contributed by atoms with Crippen LogP contribution < -0.4 is 9.47 Å². The fraction of sp³-hybridized carbons (Fsp3) is 0.0667. The fourth-order valence-corrected chi connectivity index (χ4v) is 1.89. The van der Waals surface area contributed by atoms with Gasteiger partial charge in [0.15, 0.2) is 11.6 Å². The molecule has 0 aliphatic carbocycles. The Morgan fingerprint density at radius 3 is 2.41 bits per heavy atom. The minimum atomic E-state index is -0.807. The largest absolute Gasteiger partial charge is 0.488 e. The smallest absolute Gasteiger partial charge is 0.168 e. The molecular weight excluding hydrogens is 357 g/mol. The van der Waals surface area contributed by atoms with E-state index in [-0.39, 0.29) is 27.6 Å². The van der Waals surface area contributed by atoms with Gasteiger partial charge in [0, 0.05) is 12.1 Å². The molecule has 0 heterocycles. The SMILES string of the molecule is Fc1ccc(Oc2ccc(OCC=C(Cl)Cl)c(Cl)c2)c(F)c1. The van der Waals surface area contributed by atoms with Gasteiger partial charge < -0.3 is 9.47 Å².